The fourth-order valence-electron chi connectivity index (χ4n) is 2.90. The van der Waals surface area contributed by atoms with Crippen molar-refractivity contribution in [1.29, 1.82) is 0 Å². The molecule has 0 aromatic heterocycles. The number of carbonyl (C=O) groups excluding carboxylic acids is 2. The third kappa shape index (κ3) is 5.46. The first-order valence-corrected chi connectivity index (χ1v) is 10.3. The highest BCUT2D eigenvalue weighted by molar-refractivity contribution is 8.18. The van der Waals surface area contributed by atoms with E-state index in [0.717, 1.165) is 42.5 Å². The summed E-state index contributed by atoms with van der Waals surface area (Å²) in [7, 11) is 1.60. The number of ether oxygens (including phenoxy) is 2. The molecule has 7 nitrogen and oxygen atoms in total. The Morgan fingerprint density at radius 3 is 2.82 bits per heavy atom. The van der Waals surface area contributed by atoms with Gasteiger partial charge in [-0.3, -0.25) is 14.5 Å². The largest absolute Gasteiger partial charge is 0.497 e. The van der Waals surface area contributed by atoms with E-state index in [1.165, 1.54) is 4.90 Å². The van der Waals surface area contributed by atoms with Gasteiger partial charge >= 0.3 is 0 Å². The van der Waals surface area contributed by atoms with Crippen molar-refractivity contribution in [3.8, 4) is 5.75 Å². The fraction of sp³-hybridized carbons (Fsp3) is 0.421. The van der Waals surface area contributed by atoms with Crippen molar-refractivity contribution >= 4 is 46.3 Å². The lowest BCUT2D eigenvalue weighted by atomic mass is 10.2. The van der Waals surface area contributed by atoms with Gasteiger partial charge in [0, 0.05) is 26.2 Å². The fourth-order valence-corrected chi connectivity index (χ4v) is 3.95. The number of nitrogens with one attached hydrogen (secondary N) is 2. The number of amides is 2. The number of hydrogen-bond acceptors (Lipinski definition) is 6. The first-order valence-electron chi connectivity index (χ1n) is 9.09. The van der Waals surface area contributed by atoms with Crippen LogP contribution in [0.3, 0.4) is 0 Å². The van der Waals surface area contributed by atoms with Crippen molar-refractivity contribution < 1.29 is 19.1 Å². The van der Waals surface area contributed by atoms with Gasteiger partial charge in [-0.05, 0) is 60.6 Å². The van der Waals surface area contributed by atoms with Crippen LogP contribution in [0.4, 0.5) is 4.79 Å². The molecule has 0 spiro atoms. The Hall–Kier alpha value is -2.10. The van der Waals surface area contributed by atoms with Crippen molar-refractivity contribution in [2.24, 2.45) is 0 Å². The van der Waals surface area contributed by atoms with Gasteiger partial charge in [-0.1, -0.05) is 12.1 Å². The quantitative estimate of drug-likeness (QED) is 0.513. The summed E-state index contributed by atoms with van der Waals surface area (Å²) in [4.78, 5) is 26.3. The molecule has 150 valence electrons. The summed E-state index contributed by atoms with van der Waals surface area (Å²) in [5.41, 5.74) is 0.837. The summed E-state index contributed by atoms with van der Waals surface area (Å²) < 4.78 is 10.6. The molecule has 0 saturated carbocycles. The topological polar surface area (TPSA) is 79.9 Å². The Kier molecular flexibility index (Phi) is 7.30. The van der Waals surface area contributed by atoms with Gasteiger partial charge in [0.25, 0.3) is 11.1 Å². The molecule has 0 bridgehead atoms. The van der Waals surface area contributed by atoms with Crippen LogP contribution in [0.15, 0.2) is 29.2 Å². The molecule has 2 saturated heterocycles. The summed E-state index contributed by atoms with van der Waals surface area (Å²) in [5, 5.41) is 6.35. The standard InChI is InChI=1S/C19H23N3O4S2/c1-25-14-6-4-13(5-7-14)11-16-17(23)22(19(24)28-16)9-8-20-18(27)21-12-15-3-2-10-26-15/h4-7,11,15H,2-3,8-10,12H2,1H3,(H2,20,21,27)/b16-11-/t15-/m0/s1. The van der Waals surface area contributed by atoms with Crippen LogP contribution < -0.4 is 15.4 Å². The number of methoxy groups -OCH3 is 1. The molecular weight excluding hydrogens is 398 g/mol. The Labute approximate surface area is 173 Å². The molecule has 2 fully saturated rings. The minimum Gasteiger partial charge on any atom is -0.497 e. The number of imide groups is 1. The Balaban J connectivity index is 1.46. The van der Waals surface area contributed by atoms with Crippen LogP contribution in [-0.2, 0) is 9.53 Å². The first kappa shape index (κ1) is 20.6. The molecule has 2 heterocycles. The zero-order valence-corrected chi connectivity index (χ0v) is 17.2. The summed E-state index contributed by atoms with van der Waals surface area (Å²) in [5.74, 6) is 0.450. The number of thioether (sulfide) groups is 1. The number of carbonyl (C=O) groups is 2. The predicted octanol–water partition coefficient (Wildman–Crippen LogP) is 2.37. The molecule has 0 aliphatic carbocycles. The van der Waals surface area contributed by atoms with E-state index in [2.05, 4.69) is 10.6 Å². The van der Waals surface area contributed by atoms with E-state index in [1.54, 1.807) is 13.2 Å². The second kappa shape index (κ2) is 9.90. The molecule has 1 aromatic rings. The minimum absolute atomic E-state index is 0.198. The second-order valence-electron chi connectivity index (χ2n) is 6.38. The van der Waals surface area contributed by atoms with Gasteiger partial charge in [-0.15, -0.1) is 0 Å². The van der Waals surface area contributed by atoms with Crippen molar-refractivity contribution in [1.82, 2.24) is 15.5 Å². The number of nitrogens with zero attached hydrogens (tertiary/aromatic N) is 1. The van der Waals surface area contributed by atoms with Crippen molar-refractivity contribution in [3.63, 3.8) is 0 Å². The van der Waals surface area contributed by atoms with Gasteiger partial charge in [0.05, 0.1) is 18.1 Å². The molecular formula is C19H23N3O4S2. The van der Waals surface area contributed by atoms with Gasteiger partial charge in [-0.25, -0.2) is 0 Å². The molecule has 2 amide bonds. The predicted molar refractivity (Wildman–Crippen MR) is 113 cm³/mol. The summed E-state index contributed by atoms with van der Waals surface area (Å²) >= 11 is 6.17. The molecule has 0 radical (unpaired) electrons. The van der Waals surface area contributed by atoms with E-state index in [-0.39, 0.29) is 23.8 Å². The lowest BCUT2D eigenvalue weighted by molar-refractivity contribution is -0.122. The zero-order chi connectivity index (χ0) is 19.9. The lowest BCUT2D eigenvalue weighted by Gasteiger charge is -2.16. The van der Waals surface area contributed by atoms with E-state index in [0.29, 0.717) is 23.1 Å². The van der Waals surface area contributed by atoms with Gasteiger partial charge in [-0.2, -0.15) is 0 Å². The summed E-state index contributed by atoms with van der Waals surface area (Å²) in [6.07, 6.45) is 4.03. The Bertz CT molecular complexity index is 761. The molecule has 0 unspecified atom stereocenters. The number of benzene rings is 1. The summed E-state index contributed by atoms with van der Waals surface area (Å²) in [6, 6.07) is 7.30. The van der Waals surface area contributed by atoms with Crippen LogP contribution in [-0.4, -0.2) is 60.6 Å². The highest BCUT2D eigenvalue weighted by Gasteiger charge is 2.34. The van der Waals surface area contributed by atoms with E-state index in [9.17, 15) is 9.59 Å². The maximum absolute atomic E-state index is 12.5. The monoisotopic (exact) mass is 421 g/mol. The van der Waals surface area contributed by atoms with Crippen LogP contribution in [0.1, 0.15) is 18.4 Å². The zero-order valence-electron chi connectivity index (χ0n) is 15.6. The maximum Gasteiger partial charge on any atom is 0.293 e. The van der Waals surface area contributed by atoms with E-state index in [1.807, 2.05) is 24.3 Å². The number of rotatable bonds is 7. The molecule has 2 aliphatic rings. The maximum atomic E-state index is 12.5. The van der Waals surface area contributed by atoms with Crippen molar-refractivity contribution in [3.05, 3.63) is 34.7 Å². The van der Waals surface area contributed by atoms with Gasteiger partial charge in [0.2, 0.25) is 0 Å². The van der Waals surface area contributed by atoms with Crippen LogP contribution in [0.2, 0.25) is 0 Å². The van der Waals surface area contributed by atoms with E-state index >= 15 is 0 Å². The lowest BCUT2D eigenvalue weighted by Crippen LogP contribution is -2.43. The molecule has 28 heavy (non-hydrogen) atoms. The van der Waals surface area contributed by atoms with Crippen molar-refractivity contribution in [2.75, 3.05) is 33.4 Å². The molecule has 1 aromatic carbocycles. The highest BCUT2D eigenvalue weighted by atomic mass is 32.2. The number of thiocarbonyl (C=S) groups is 1. The average Bonchev–Trinajstić information content (AvgIpc) is 3.31. The second-order valence-corrected chi connectivity index (χ2v) is 7.78. The van der Waals surface area contributed by atoms with Crippen LogP contribution in [0.25, 0.3) is 6.08 Å². The van der Waals surface area contributed by atoms with Crippen molar-refractivity contribution in [2.45, 2.75) is 18.9 Å². The van der Waals surface area contributed by atoms with Gasteiger partial charge in [0.1, 0.15) is 5.75 Å². The molecule has 1 atom stereocenters. The Morgan fingerprint density at radius 2 is 2.14 bits per heavy atom. The minimum atomic E-state index is -0.286. The molecule has 3 rings (SSSR count). The highest BCUT2D eigenvalue weighted by Crippen LogP contribution is 2.32. The van der Waals surface area contributed by atoms with Gasteiger partial charge in [0.15, 0.2) is 5.11 Å². The third-order valence-electron chi connectivity index (χ3n) is 4.42. The molecule has 2 aliphatic heterocycles. The Morgan fingerprint density at radius 1 is 1.36 bits per heavy atom. The van der Waals surface area contributed by atoms with Crippen LogP contribution in [0, 0.1) is 0 Å². The van der Waals surface area contributed by atoms with Crippen LogP contribution >= 0.6 is 24.0 Å². The van der Waals surface area contributed by atoms with Crippen LogP contribution in [0.5, 0.6) is 5.75 Å². The normalized spacial score (nSPS) is 20.7. The van der Waals surface area contributed by atoms with Gasteiger partial charge < -0.3 is 20.1 Å². The molecule has 9 heteroatoms. The van der Waals surface area contributed by atoms with E-state index < -0.39 is 0 Å². The summed E-state index contributed by atoms with van der Waals surface area (Å²) in [6.45, 7) is 2.12. The smallest absolute Gasteiger partial charge is 0.293 e. The van der Waals surface area contributed by atoms with E-state index in [4.69, 9.17) is 21.7 Å². The first-order chi connectivity index (χ1) is 13.6. The third-order valence-corrected chi connectivity index (χ3v) is 5.62. The average molecular weight is 422 g/mol. The molecule has 2 N–H and O–H groups in total. The SMILES string of the molecule is COc1ccc(/C=C2\SC(=O)N(CCNC(=S)NC[C@@H]3CCCO3)C2=O)cc1. The number of hydrogen-bond donors (Lipinski definition) is 2.